The molecule has 0 aliphatic heterocycles. The summed E-state index contributed by atoms with van der Waals surface area (Å²) in [5.41, 5.74) is 0. The zero-order valence-electron chi connectivity index (χ0n) is 7.89. The van der Waals surface area contributed by atoms with Crippen LogP contribution in [0.4, 0.5) is 0 Å². The molecule has 0 aromatic rings. The lowest BCUT2D eigenvalue weighted by molar-refractivity contribution is 0.0886. The molecule has 0 aromatic heterocycles. The van der Waals surface area contributed by atoms with Crippen molar-refractivity contribution >= 4 is 15.9 Å². The van der Waals surface area contributed by atoms with Crippen molar-refractivity contribution in [1.82, 2.24) is 0 Å². The van der Waals surface area contributed by atoms with Crippen molar-refractivity contribution in [3.8, 4) is 0 Å². The highest BCUT2D eigenvalue weighted by atomic mass is 79.9. The predicted molar refractivity (Wildman–Crippen MR) is 55.7 cm³/mol. The number of halogens is 1. The first-order chi connectivity index (χ1) is 5.86. The van der Waals surface area contributed by atoms with Crippen LogP contribution in [0.1, 0.15) is 32.6 Å². The van der Waals surface area contributed by atoms with Crippen LogP contribution in [0.2, 0.25) is 0 Å². The topological polar surface area (TPSA) is 9.23 Å². The Kier molecular flexibility index (Phi) is 5.24. The van der Waals surface area contributed by atoms with Crippen molar-refractivity contribution in [3.05, 3.63) is 0 Å². The van der Waals surface area contributed by atoms with E-state index in [1.54, 1.807) is 0 Å². The van der Waals surface area contributed by atoms with E-state index >= 15 is 0 Å². The number of rotatable bonds is 4. The fourth-order valence-corrected chi connectivity index (χ4v) is 2.48. The Hall–Kier alpha value is 0.440. The maximum atomic E-state index is 5.43. The molecule has 0 unspecified atom stereocenters. The highest BCUT2D eigenvalue weighted by Gasteiger charge is 2.19. The Morgan fingerprint density at radius 1 is 1.17 bits per heavy atom. The van der Waals surface area contributed by atoms with Crippen molar-refractivity contribution in [2.24, 2.45) is 11.8 Å². The molecule has 12 heavy (non-hydrogen) atoms. The molecular formula is C10H19BrO. The molecule has 1 nitrogen and oxygen atoms in total. The summed E-state index contributed by atoms with van der Waals surface area (Å²) in [6.07, 6.45) is 5.53. The summed E-state index contributed by atoms with van der Waals surface area (Å²) in [4.78, 5) is 0. The zero-order valence-corrected chi connectivity index (χ0v) is 9.48. The molecule has 1 fully saturated rings. The first-order valence-electron chi connectivity index (χ1n) is 5.00. The van der Waals surface area contributed by atoms with Gasteiger partial charge >= 0.3 is 0 Å². The second-order valence-corrected chi connectivity index (χ2v) is 4.35. The number of ether oxygens (including phenoxy) is 1. The first kappa shape index (κ1) is 10.5. The quantitative estimate of drug-likeness (QED) is 0.680. The van der Waals surface area contributed by atoms with E-state index in [0.29, 0.717) is 0 Å². The number of hydrogen-bond acceptors (Lipinski definition) is 1. The molecule has 0 aromatic carbocycles. The molecule has 1 saturated carbocycles. The van der Waals surface area contributed by atoms with Crippen molar-refractivity contribution in [3.63, 3.8) is 0 Å². The molecule has 0 spiro atoms. The van der Waals surface area contributed by atoms with Crippen LogP contribution in [-0.2, 0) is 4.74 Å². The Morgan fingerprint density at radius 3 is 2.25 bits per heavy atom. The fraction of sp³-hybridized carbons (Fsp3) is 1.00. The third-order valence-corrected chi connectivity index (χ3v) is 3.66. The van der Waals surface area contributed by atoms with Gasteiger partial charge in [0.25, 0.3) is 0 Å². The first-order valence-corrected chi connectivity index (χ1v) is 6.12. The average Bonchev–Trinajstić information content (AvgIpc) is 2.15. The van der Waals surface area contributed by atoms with Gasteiger partial charge < -0.3 is 4.74 Å². The molecule has 2 heteroatoms. The van der Waals surface area contributed by atoms with Crippen molar-refractivity contribution < 1.29 is 4.74 Å². The highest BCUT2D eigenvalue weighted by molar-refractivity contribution is 9.09. The van der Waals surface area contributed by atoms with Gasteiger partial charge in [0.2, 0.25) is 0 Å². The molecule has 1 rings (SSSR count). The molecule has 1 aliphatic carbocycles. The molecular weight excluding hydrogens is 216 g/mol. The maximum absolute atomic E-state index is 5.43. The molecule has 0 saturated heterocycles. The second kappa shape index (κ2) is 5.98. The number of hydrogen-bond donors (Lipinski definition) is 0. The smallest absolute Gasteiger partial charge is 0.0494 e. The van der Waals surface area contributed by atoms with Crippen LogP contribution in [0.15, 0.2) is 0 Å². The van der Waals surface area contributed by atoms with Gasteiger partial charge in [-0.05, 0) is 44.4 Å². The Morgan fingerprint density at radius 2 is 1.75 bits per heavy atom. The van der Waals surface area contributed by atoms with Gasteiger partial charge in [0.1, 0.15) is 0 Å². The lowest BCUT2D eigenvalue weighted by atomic mass is 9.83. The summed E-state index contributed by atoms with van der Waals surface area (Å²) in [5.74, 6) is 1.78. The molecule has 1 aliphatic rings. The number of alkyl halides is 1. The van der Waals surface area contributed by atoms with Crippen LogP contribution in [0.3, 0.4) is 0 Å². The minimum absolute atomic E-state index is 0.847. The van der Waals surface area contributed by atoms with Gasteiger partial charge in [-0.3, -0.25) is 0 Å². The lowest BCUT2D eigenvalue weighted by Crippen LogP contribution is -2.19. The van der Waals surface area contributed by atoms with Gasteiger partial charge in [0, 0.05) is 18.5 Å². The average molecular weight is 235 g/mol. The molecule has 0 heterocycles. The summed E-state index contributed by atoms with van der Waals surface area (Å²) in [7, 11) is 0. The van der Waals surface area contributed by atoms with E-state index in [1.807, 2.05) is 0 Å². The van der Waals surface area contributed by atoms with Gasteiger partial charge in [0.15, 0.2) is 0 Å². The minimum Gasteiger partial charge on any atom is -0.381 e. The summed E-state index contributed by atoms with van der Waals surface area (Å²) in [6.45, 7) is 3.94. The van der Waals surface area contributed by atoms with Crippen LogP contribution in [-0.4, -0.2) is 18.5 Å². The van der Waals surface area contributed by atoms with Crippen molar-refractivity contribution in [2.45, 2.75) is 32.6 Å². The van der Waals surface area contributed by atoms with E-state index in [0.717, 1.165) is 25.0 Å². The SMILES string of the molecule is CCOCC1CCC(CBr)CC1. The lowest BCUT2D eigenvalue weighted by Gasteiger charge is -2.26. The normalized spacial score (nSPS) is 30.5. The maximum Gasteiger partial charge on any atom is 0.0494 e. The molecule has 0 bridgehead atoms. The summed E-state index contributed by atoms with van der Waals surface area (Å²) < 4.78 is 5.43. The highest BCUT2D eigenvalue weighted by Crippen LogP contribution is 2.29. The van der Waals surface area contributed by atoms with E-state index in [-0.39, 0.29) is 0 Å². The van der Waals surface area contributed by atoms with Gasteiger partial charge in [-0.1, -0.05) is 15.9 Å². The fourth-order valence-electron chi connectivity index (χ4n) is 1.84. The van der Waals surface area contributed by atoms with Crippen LogP contribution >= 0.6 is 15.9 Å². The third kappa shape index (κ3) is 3.44. The van der Waals surface area contributed by atoms with E-state index < -0.39 is 0 Å². The third-order valence-electron chi connectivity index (χ3n) is 2.74. The molecule has 0 N–H and O–H groups in total. The molecule has 0 atom stereocenters. The zero-order chi connectivity index (χ0) is 8.81. The monoisotopic (exact) mass is 234 g/mol. The van der Waals surface area contributed by atoms with Gasteiger partial charge in [-0.15, -0.1) is 0 Å². The summed E-state index contributed by atoms with van der Waals surface area (Å²) in [6, 6.07) is 0. The second-order valence-electron chi connectivity index (χ2n) is 3.70. The molecule has 0 radical (unpaired) electrons. The summed E-state index contributed by atoms with van der Waals surface area (Å²) in [5, 5.41) is 1.19. The molecule has 72 valence electrons. The van der Waals surface area contributed by atoms with Crippen molar-refractivity contribution in [1.29, 1.82) is 0 Å². The Balaban J connectivity index is 2.09. The molecule has 0 amide bonds. The van der Waals surface area contributed by atoms with Crippen LogP contribution < -0.4 is 0 Å². The Bertz CT molecular complexity index is 108. The van der Waals surface area contributed by atoms with Gasteiger partial charge in [-0.2, -0.15) is 0 Å². The largest absolute Gasteiger partial charge is 0.381 e. The standard InChI is InChI=1S/C10H19BrO/c1-2-12-8-10-5-3-9(7-11)4-6-10/h9-10H,2-8H2,1H3. The van der Waals surface area contributed by atoms with Crippen LogP contribution in [0.25, 0.3) is 0 Å². The van der Waals surface area contributed by atoms with E-state index in [2.05, 4.69) is 22.9 Å². The van der Waals surface area contributed by atoms with E-state index in [1.165, 1.54) is 31.0 Å². The van der Waals surface area contributed by atoms with Gasteiger partial charge in [-0.25, -0.2) is 0 Å². The van der Waals surface area contributed by atoms with E-state index in [4.69, 9.17) is 4.74 Å². The summed E-state index contributed by atoms with van der Waals surface area (Å²) >= 11 is 3.55. The van der Waals surface area contributed by atoms with Crippen LogP contribution in [0.5, 0.6) is 0 Å². The van der Waals surface area contributed by atoms with Gasteiger partial charge in [0.05, 0.1) is 0 Å². The van der Waals surface area contributed by atoms with Crippen LogP contribution in [0, 0.1) is 11.8 Å². The van der Waals surface area contributed by atoms with Crippen molar-refractivity contribution in [2.75, 3.05) is 18.5 Å². The van der Waals surface area contributed by atoms with E-state index in [9.17, 15) is 0 Å². The minimum atomic E-state index is 0.847. The Labute approximate surface area is 84.0 Å². The predicted octanol–water partition coefficient (Wildman–Crippen LogP) is 3.22.